The van der Waals surface area contributed by atoms with E-state index in [1.807, 2.05) is 0 Å². The van der Waals surface area contributed by atoms with Gasteiger partial charge in [-0.25, -0.2) is 9.59 Å². The first-order valence-electron chi connectivity index (χ1n) is 5.00. The van der Waals surface area contributed by atoms with Crippen molar-refractivity contribution in [3.63, 3.8) is 0 Å². The molecular weight excluding hydrogens is 230 g/mol. The lowest BCUT2D eigenvalue weighted by molar-refractivity contribution is 0.0686. The monoisotopic (exact) mass is 241 g/mol. The number of carboxylic acids is 1. The van der Waals surface area contributed by atoms with Crippen molar-refractivity contribution < 1.29 is 24.9 Å². The van der Waals surface area contributed by atoms with Gasteiger partial charge in [0.25, 0.3) is 0 Å². The minimum atomic E-state index is -1.33. The van der Waals surface area contributed by atoms with Crippen LogP contribution in [0.2, 0.25) is 0 Å². The molecule has 0 aliphatic carbocycles. The fourth-order valence-corrected chi connectivity index (χ4v) is 1.81. The highest BCUT2D eigenvalue weighted by Crippen LogP contribution is 2.25. The van der Waals surface area contributed by atoms with E-state index < -0.39 is 23.5 Å². The molecule has 8 nitrogen and oxygen atoms in total. The Labute approximate surface area is 95.7 Å². The van der Waals surface area contributed by atoms with Crippen LogP contribution in [0.4, 0.5) is 4.79 Å². The number of rotatable bonds is 1. The number of aromatic carboxylic acids is 1. The van der Waals surface area contributed by atoms with Crippen LogP contribution in [-0.2, 0) is 13.1 Å². The molecule has 92 valence electrons. The van der Waals surface area contributed by atoms with Crippen LogP contribution in [-0.4, -0.2) is 48.6 Å². The minimum absolute atomic E-state index is 0.0541. The molecule has 1 aromatic heterocycles. The second kappa shape index (κ2) is 3.96. The summed E-state index contributed by atoms with van der Waals surface area (Å²) in [6.45, 7) is 0.669. The summed E-state index contributed by atoms with van der Waals surface area (Å²) in [5.41, 5.74) is -0.213. The Bertz CT molecular complexity index is 481. The van der Waals surface area contributed by atoms with Crippen molar-refractivity contribution in [2.45, 2.75) is 19.5 Å². The maximum atomic E-state index is 10.9. The first kappa shape index (κ1) is 11.2. The normalized spacial score (nSPS) is 15.2. The van der Waals surface area contributed by atoms with Crippen LogP contribution in [0, 0.1) is 0 Å². The SMILES string of the molecule is O=C(O)c1nn2c(c1O)CN(C(=O)O)CCC2. The van der Waals surface area contributed by atoms with Gasteiger partial charge in [0.15, 0.2) is 5.75 Å². The Morgan fingerprint density at radius 1 is 1.24 bits per heavy atom. The molecule has 2 heterocycles. The zero-order valence-corrected chi connectivity index (χ0v) is 8.83. The molecule has 17 heavy (non-hydrogen) atoms. The van der Waals surface area contributed by atoms with Gasteiger partial charge in [-0.2, -0.15) is 5.10 Å². The molecule has 0 saturated carbocycles. The summed E-state index contributed by atoms with van der Waals surface area (Å²) in [6.07, 6.45) is -0.574. The average Bonchev–Trinajstić information content (AvgIpc) is 2.47. The number of amides is 1. The molecule has 0 bridgehead atoms. The molecule has 2 rings (SSSR count). The smallest absolute Gasteiger partial charge is 0.407 e. The molecule has 1 amide bonds. The van der Waals surface area contributed by atoms with Crippen molar-refractivity contribution in [2.24, 2.45) is 0 Å². The quantitative estimate of drug-likeness (QED) is 0.645. The zero-order valence-electron chi connectivity index (χ0n) is 8.83. The molecule has 3 N–H and O–H groups in total. The Morgan fingerprint density at radius 2 is 1.94 bits per heavy atom. The molecule has 1 aliphatic heterocycles. The van der Waals surface area contributed by atoms with Crippen molar-refractivity contribution in [1.82, 2.24) is 14.7 Å². The zero-order chi connectivity index (χ0) is 12.6. The van der Waals surface area contributed by atoms with E-state index in [-0.39, 0.29) is 12.2 Å². The number of nitrogens with zero attached hydrogens (tertiary/aromatic N) is 3. The van der Waals surface area contributed by atoms with E-state index in [1.54, 1.807) is 0 Å². The Balaban J connectivity index is 2.40. The van der Waals surface area contributed by atoms with E-state index in [4.69, 9.17) is 10.2 Å². The van der Waals surface area contributed by atoms with Crippen LogP contribution in [0.25, 0.3) is 0 Å². The van der Waals surface area contributed by atoms with Crippen LogP contribution in [0.1, 0.15) is 22.6 Å². The summed E-state index contributed by atoms with van der Waals surface area (Å²) in [5, 5.41) is 31.1. The maximum Gasteiger partial charge on any atom is 0.407 e. The second-order valence-electron chi connectivity index (χ2n) is 3.73. The van der Waals surface area contributed by atoms with Crippen molar-refractivity contribution in [3.05, 3.63) is 11.4 Å². The highest BCUT2D eigenvalue weighted by Gasteiger charge is 2.27. The number of carbonyl (C=O) groups is 2. The molecule has 0 saturated heterocycles. The fourth-order valence-electron chi connectivity index (χ4n) is 1.81. The van der Waals surface area contributed by atoms with Crippen LogP contribution < -0.4 is 0 Å². The summed E-state index contributed by atoms with van der Waals surface area (Å²) < 4.78 is 1.35. The highest BCUT2D eigenvalue weighted by molar-refractivity contribution is 5.88. The first-order valence-corrected chi connectivity index (χ1v) is 5.00. The van der Waals surface area contributed by atoms with Crippen molar-refractivity contribution >= 4 is 12.1 Å². The summed E-state index contributed by atoms with van der Waals surface area (Å²) in [7, 11) is 0. The summed E-state index contributed by atoms with van der Waals surface area (Å²) in [6, 6.07) is 0. The van der Waals surface area contributed by atoms with Crippen LogP contribution in [0.3, 0.4) is 0 Å². The predicted octanol–water partition coefficient (Wildman–Crippen LogP) is 0.171. The standard InChI is InChI=1S/C9H11N3O5/c13-7-5-4-11(9(16)17)2-1-3-12(5)10-6(7)8(14)15/h13H,1-4H2,(H,14,15)(H,16,17). The number of hydrogen-bond acceptors (Lipinski definition) is 4. The number of aryl methyl sites for hydroxylation is 1. The maximum absolute atomic E-state index is 10.9. The molecule has 0 unspecified atom stereocenters. The third kappa shape index (κ3) is 1.88. The second-order valence-corrected chi connectivity index (χ2v) is 3.73. The number of aromatic nitrogens is 2. The number of carboxylic acid groups (broad SMARTS) is 2. The molecule has 0 aromatic carbocycles. The van der Waals surface area contributed by atoms with Gasteiger partial charge in [-0.3, -0.25) is 4.68 Å². The number of aromatic hydroxyl groups is 1. The van der Waals surface area contributed by atoms with E-state index in [1.165, 1.54) is 4.68 Å². The van der Waals surface area contributed by atoms with Gasteiger partial charge in [0.05, 0.1) is 6.54 Å². The summed E-state index contributed by atoms with van der Waals surface area (Å²) in [5.74, 6) is -1.78. The van der Waals surface area contributed by atoms with Crippen LogP contribution >= 0.6 is 0 Å². The summed E-state index contributed by atoms with van der Waals surface area (Å²) in [4.78, 5) is 22.8. The third-order valence-electron chi connectivity index (χ3n) is 2.64. The molecule has 0 spiro atoms. The molecule has 1 aliphatic rings. The predicted molar refractivity (Wildman–Crippen MR) is 53.9 cm³/mol. The van der Waals surface area contributed by atoms with Crippen LogP contribution in [0.15, 0.2) is 0 Å². The van der Waals surface area contributed by atoms with Gasteiger partial charge in [0.2, 0.25) is 5.69 Å². The molecule has 0 radical (unpaired) electrons. The van der Waals surface area contributed by atoms with Gasteiger partial charge in [-0.05, 0) is 6.42 Å². The van der Waals surface area contributed by atoms with Gasteiger partial charge < -0.3 is 20.2 Å². The van der Waals surface area contributed by atoms with E-state index >= 15 is 0 Å². The van der Waals surface area contributed by atoms with Gasteiger partial charge in [-0.15, -0.1) is 0 Å². The number of fused-ring (bicyclic) bond motifs is 1. The minimum Gasteiger partial charge on any atom is -0.504 e. The molecule has 8 heteroatoms. The van der Waals surface area contributed by atoms with Gasteiger partial charge >= 0.3 is 12.1 Å². The van der Waals surface area contributed by atoms with Crippen molar-refractivity contribution in [2.75, 3.05) is 6.54 Å². The van der Waals surface area contributed by atoms with Gasteiger partial charge in [0, 0.05) is 13.1 Å². The molecule has 0 atom stereocenters. The van der Waals surface area contributed by atoms with Gasteiger partial charge in [0.1, 0.15) is 5.69 Å². The first-order chi connectivity index (χ1) is 8.00. The molecule has 0 fully saturated rings. The lowest BCUT2D eigenvalue weighted by atomic mass is 10.3. The van der Waals surface area contributed by atoms with Crippen molar-refractivity contribution in [3.8, 4) is 5.75 Å². The lowest BCUT2D eigenvalue weighted by Gasteiger charge is -2.15. The Morgan fingerprint density at radius 3 is 2.53 bits per heavy atom. The fraction of sp³-hybridized carbons (Fsp3) is 0.444. The lowest BCUT2D eigenvalue weighted by Crippen LogP contribution is -2.28. The molecular formula is C9H11N3O5. The topological polar surface area (TPSA) is 116 Å². The van der Waals surface area contributed by atoms with E-state index in [0.29, 0.717) is 19.5 Å². The third-order valence-corrected chi connectivity index (χ3v) is 2.64. The average molecular weight is 241 g/mol. The van der Waals surface area contributed by atoms with E-state index in [9.17, 15) is 14.7 Å². The van der Waals surface area contributed by atoms with Crippen LogP contribution in [0.5, 0.6) is 5.75 Å². The highest BCUT2D eigenvalue weighted by atomic mass is 16.4. The number of hydrogen-bond donors (Lipinski definition) is 3. The summed E-state index contributed by atoms with van der Waals surface area (Å²) >= 11 is 0. The van der Waals surface area contributed by atoms with E-state index in [0.717, 1.165) is 4.90 Å². The van der Waals surface area contributed by atoms with Crippen molar-refractivity contribution in [1.29, 1.82) is 0 Å². The Kier molecular flexibility index (Phi) is 2.62. The van der Waals surface area contributed by atoms with Gasteiger partial charge in [-0.1, -0.05) is 0 Å². The Hall–Kier alpha value is -2.25. The molecule has 1 aromatic rings. The van der Waals surface area contributed by atoms with E-state index in [2.05, 4.69) is 5.10 Å². The largest absolute Gasteiger partial charge is 0.504 e.